The second kappa shape index (κ2) is 9.53. The summed E-state index contributed by atoms with van der Waals surface area (Å²) >= 11 is 3.47. The smallest absolute Gasteiger partial charge is 0.0802 e. The van der Waals surface area contributed by atoms with E-state index in [9.17, 15) is 5.11 Å². The molecule has 1 aliphatic rings. The molecule has 148 valence electrons. The van der Waals surface area contributed by atoms with Crippen LogP contribution >= 0.6 is 15.9 Å². The van der Waals surface area contributed by atoms with Gasteiger partial charge in [0, 0.05) is 24.1 Å². The summed E-state index contributed by atoms with van der Waals surface area (Å²) in [6, 6.07) is 27.2. The first-order valence-electron chi connectivity index (χ1n) is 10.2. The lowest BCUT2D eigenvalue weighted by atomic mass is 9.98. The van der Waals surface area contributed by atoms with E-state index in [4.69, 9.17) is 0 Å². The first-order chi connectivity index (χ1) is 14.2. The van der Waals surface area contributed by atoms with Gasteiger partial charge in [0.2, 0.25) is 0 Å². The Balaban J connectivity index is 1.30. The normalized spacial score (nSPS) is 15.7. The molecule has 3 aromatic rings. The molecule has 1 heterocycles. The summed E-state index contributed by atoms with van der Waals surface area (Å²) in [6.07, 6.45) is 3.74. The van der Waals surface area contributed by atoms with E-state index in [1.54, 1.807) is 0 Å². The lowest BCUT2D eigenvalue weighted by Crippen LogP contribution is -2.30. The fourth-order valence-electron chi connectivity index (χ4n) is 3.84. The standard InChI is InChI=1S/C26H26BrNO/c27-25-12-10-22(11-13-25)21-6-8-24(9-7-21)26(29)16-19-28-17-14-23(15-18-28)20-4-2-1-3-5-20/h1-14,26,29H,15-19H2. The van der Waals surface area contributed by atoms with Crippen LogP contribution in [0.1, 0.15) is 30.1 Å². The fourth-order valence-corrected chi connectivity index (χ4v) is 4.10. The average molecular weight is 448 g/mol. The molecule has 29 heavy (non-hydrogen) atoms. The molecule has 0 radical (unpaired) electrons. The molecule has 0 amide bonds. The van der Waals surface area contributed by atoms with Gasteiger partial charge in [-0.05, 0) is 52.8 Å². The number of aliphatic hydroxyl groups is 1. The van der Waals surface area contributed by atoms with Gasteiger partial charge in [0.15, 0.2) is 0 Å². The van der Waals surface area contributed by atoms with Gasteiger partial charge in [-0.1, -0.05) is 88.7 Å². The van der Waals surface area contributed by atoms with Crippen molar-refractivity contribution in [1.29, 1.82) is 0 Å². The van der Waals surface area contributed by atoms with E-state index in [2.05, 4.69) is 81.5 Å². The van der Waals surface area contributed by atoms with Crippen LogP contribution in [0, 0.1) is 0 Å². The van der Waals surface area contributed by atoms with Gasteiger partial charge in [0.25, 0.3) is 0 Å². The van der Waals surface area contributed by atoms with Crippen LogP contribution in [0.15, 0.2) is 89.4 Å². The fraction of sp³-hybridized carbons (Fsp3) is 0.231. The third-order valence-electron chi connectivity index (χ3n) is 5.63. The Morgan fingerprint density at radius 1 is 0.828 bits per heavy atom. The Morgan fingerprint density at radius 3 is 2.10 bits per heavy atom. The summed E-state index contributed by atoms with van der Waals surface area (Å²) in [5, 5.41) is 10.6. The number of halogens is 1. The molecule has 0 saturated heterocycles. The monoisotopic (exact) mass is 447 g/mol. The molecule has 1 N–H and O–H groups in total. The Bertz CT molecular complexity index is 948. The number of hydrogen-bond donors (Lipinski definition) is 1. The van der Waals surface area contributed by atoms with Crippen LogP contribution in [0.4, 0.5) is 0 Å². The highest BCUT2D eigenvalue weighted by molar-refractivity contribution is 9.10. The second-order valence-corrected chi connectivity index (χ2v) is 8.50. The van der Waals surface area contributed by atoms with Gasteiger partial charge in [0.05, 0.1) is 6.10 Å². The van der Waals surface area contributed by atoms with Crippen molar-refractivity contribution in [2.75, 3.05) is 19.6 Å². The van der Waals surface area contributed by atoms with E-state index < -0.39 is 6.10 Å². The summed E-state index contributed by atoms with van der Waals surface area (Å²) in [5.41, 5.74) is 6.11. The molecule has 0 bridgehead atoms. The third-order valence-corrected chi connectivity index (χ3v) is 6.16. The van der Waals surface area contributed by atoms with Crippen molar-refractivity contribution in [3.05, 3.63) is 101 Å². The molecular formula is C26H26BrNO. The molecule has 2 nitrogen and oxygen atoms in total. The van der Waals surface area contributed by atoms with Crippen molar-refractivity contribution in [1.82, 2.24) is 4.90 Å². The molecule has 0 aliphatic carbocycles. The van der Waals surface area contributed by atoms with Crippen LogP contribution in [0.5, 0.6) is 0 Å². The molecule has 4 rings (SSSR count). The van der Waals surface area contributed by atoms with E-state index in [0.717, 1.165) is 42.5 Å². The van der Waals surface area contributed by atoms with E-state index in [1.807, 2.05) is 24.3 Å². The Kier molecular flexibility index (Phi) is 6.60. The zero-order chi connectivity index (χ0) is 20.1. The molecule has 3 heteroatoms. The van der Waals surface area contributed by atoms with Crippen molar-refractivity contribution >= 4 is 21.5 Å². The quantitative estimate of drug-likeness (QED) is 0.477. The molecule has 1 aliphatic heterocycles. The van der Waals surface area contributed by atoms with Crippen molar-refractivity contribution in [3.8, 4) is 11.1 Å². The topological polar surface area (TPSA) is 23.5 Å². The van der Waals surface area contributed by atoms with Crippen LogP contribution < -0.4 is 0 Å². The largest absolute Gasteiger partial charge is 0.388 e. The second-order valence-electron chi connectivity index (χ2n) is 7.58. The summed E-state index contributed by atoms with van der Waals surface area (Å²) in [6.45, 7) is 2.92. The highest BCUT2D eigenvalue weighted by atomic mass is 79.9. The summed E-state index contributed by atoms with van der Waals surface area (Å²) in [7, 11) is 0. The van der Waals surface area contributed by atoms with Crippen LogP contribution in [-0.2, 0) is 0 Å². The maximum absolute atomic E-state index is 10.6. The number of hydrogen-bond acceptors (Lipinski definition) is 2. The highest BCUT2D eigenvalue weighted by Crippen LogP contribution is 2.26. The molecule has 0 aromatic heterocycles. The number of nitrogens with zero attached hydrogens (tertiary/aromatic N) is 1. The average Bonchev–Trinajstić information content (AvgIpc) is 2.79. The van der Waals surface area contributed by atoms with Crippen LogP contribution in [-0.4, -0.2) is 29.6 Å². The Morgan fingerprint density at radius 2 is 1.48 bits per heavy atom. The van der Waals surface area contributed by atoms with Crippen LogP contribution in [0.25, 0.3) is 16.7 Å². The molecule has 0 spiro atoms. The van der Waals surface area contributed by atoms with Gasteiger partial charge in [0.1, 0.15) is 0 Å². The van der Waals surface area contributed by atoms with Crippen molar-refractivity contribution in [2.24, 2.45) is 0 Å². The minimum Gasteiger partial charge on any atom is -0.388 e. The minimum atomic E-state index is -0.423. The number of aliphatic hydroxyl groups excluding tert-OH is 1. The predicted octanol–water partition coefficient (Wildman–Crippen LogP) is 6.33. The highest BCUT2D eigenvalue weighted by Gasteiger charge is 2.15. The van der Waals surface area contributed by atoms with Gasteiger partial charge in [-0.3, -0.25) is 4.90 Å². The lowest BCUT2D eigenvalue weighted by Gasteiger charge is -2.27. The predicted molar refractivity (Wildman–Crippen MR) is 125 cm³/mol. The van der Waals surface area contributed by atoms with Gasteiger partial charge in [-0.15, -0.1) is 0 Å². The SMILES string of the molecule is OC(CCN1CC=C(c2ccccc2)CC1)c1ccc(-c2ccc(Br)cc2)cc1. The molecule has 3 aromatic carbocycles. The van der Waals surface area contributed by atoms with Crippen LogP contribution in [0.2, 0.25) is 0 Å². The van der Waals surface area contributed by atoms with Gasteiger partial charge in [-0.2, -0.15) is 0 Å². The van der Waals surface area contributed by atoms with E-state index in [-0.39, 0.29) is 0 Å². The molecule has 0 saturated carbocycles. The first-order valence-corrected chi connectivity index (χ1v) is 11.0. The van der Waals surface area contributed by atoms with Crippen molar-refractivity contribution in [2.45, 2.75) is 18.9 Å². The summed E-state index contributed by atoms with van der Waals surface area (Å²) < 4.78 is 1.08. The minimum absolute atomic E-state index is 0.423. The Hall–Kier alpha value is -2.20. The zero-order valence-corrected chi connectivity index (χ0v) is 18.1. The van der Waals surface area contributed by atoms with E-state index in [1.165, 1.54) is 22.3 Å². The first kappa shape index (κ1) is 20.1. The maximum Gasteiger partial charge on any atom is 0.0802 e. The maximum atomic E-state index is 10.6. The molecular weight excluding hydrogens is 422 g/mol. The number of rotatable bonds is 6. The van der Waals surface area contributed by atoms with Gasteiger partial charge in [-0.25, -0.2) is 0 Å². The molecule has 1 atom stereocenters. The Labute approximate surface area is 181 Å². The van der Waals surface area contributed by atoms with Crippen LogP contribution in [0.3, 0.4) is 0 Å². The third kappa shape index (κ3) is 5.24. The van der Waals surface area contributed by atoms with E-state index in [0.29, 0.717) is 0 Å². The summed E-state index contributed by atoms with van der Waals surface area (Å²) in [4.78, 5) is 2.42. The van der Waals surface area contributed by atoms with Gasteiger partial charge >= 0.3 is 0 Å². The summed E-state index contributed by atoms with van der Waals surface area (Å²) in [5.74, 6) is 0. The van der Waals surface area contributed by atoms with Crippen molar-refractivity contribution < 1.29 is 5.11 Å². The van der Waals surface area contributed by atoms with Crippen molar-refractivity contribution in [3.63, 3.8) is 0 Å². The number of benzene rings is 3. The zero-order valence-electron chi connectivity index (χ0n) is 16.5. The lowest BCUT2D eigenvalue weighted by molar-refractivity contribution is 0.145. The molecule has 0 fully saturated rings. The molecule has 1 unspecified atom stereocenters. The van der Waals surface area contributed by atoms with Gasteiger partial charge < -0.3 is 5.11 Å². The van der Waals surface area contributed by atoms with E-state index >= 15 is 0 Å².